The molecule has 3 aromatic rings. The number of nitrogens with one attached hydrogen (secondary N) is 1. The minimum absolute atomic E-state index is 0.0866. The lowest BCUT2D eigenvalue weighted by Gasteiger charge is -2.18. The highest BCUT2D eigenvalue weighted by atomic mass is 16.5. The van der Waals surface area contributed by atoms with Crippen LogP contribution in [0.25, 0.3) is 0 Å². The third-order valence-electron chi connectivity index (χ3n) is 5.05. The monoisotopic (exact) mass is 389 g/mol. The number of pyridine rings is 2. The second kappa shape index (κ2) is 7.91. The highest BCUT2D eigenvalue weighted by molar-refractivity contribution is 6.03. The van der Waals surface area contributed by atoms with E-state index in [4.69, 9.17) is 4.74 Å². The fourth-order valence-corrected chi connectivity index (χ4v) is 3.81. The molecule has 1 aliphatic rings. The van der Waals surface area contributed by atoms with Crippen LogP contribution in [0.15, 0.2) is 65.8 Å². The minimum atomic E-state index is -0.425. The zero-order chi connectivity index (χ0) is 20.4. The van der Waals surface area contributed by atoms with Gasteiger partial charge in [-0.25, -0.2) is 0 Å². The first-order valence-corrected chi connectivity index (χ1v) is 9.75. The van der Waals surface area contributed by atoms with Crippen LogP contribution in [0.3, 0.4) is 0 Å². The van der Waals surface area contributed by atoms with Crippen LogP contribution in [0, 0.1) is 0 Å². The van der Waals surface area contributed by atoms with Crippen molar-refractivity contribution in [2.45, 2.75) is 38.8 Å². The van der Waals surface area contributed by atoms with Crippen molar-refractivity contribution in [3.05, 3.63) is 88.1 Å². The summed E-state index contributed by atoms with van der Waals surface area (Å²) < 4.78 is 7.60. The third kappa shape index (κ3) is 3.78. The van der Waals surface area contributed by atoms with E-state index in [1.807, 2.05) is 32.0 Å². The van der Waals surface area contributed by atoms with E-state index < -0.39 is 5.91 Å². The molecule has 1 unspecified atom stereocenters. The van der Waals surface area contributed by atoms with Crippen LogP contribution in [0.2, 0.25) is 0 Å². The van der Waals surface area contributed by atoms with Gasteiger partial charge in [0.15, 0.2) is 0 Å². The molecule has 0 spiro atoms. The van der Waals surface area contributed by atoms with Crippen LogP contribution in [0.5, 0.6) is 5.75 Å². The number of carbonyl (C=O) groups excluding carboxylic acids is 1. The van der Waals surface area contributed by atoms with Crippen molar-refractivity contribution < 1.29 is 9.53 Å². The predicted molar refractivity (Wildman–Crippen MR) is 112 cm³/mol. The Morgan fingerprint density at radius 1 is 1.17 bits per heavy atom. The first-order chi connectivity index (χ1) is 14.0. The molecule has 2 aromatic heterocycles. The molecule has 1 N–H and O–H groups in total. The molecular formula is C23H23N3O3. The summed E-state index contributed by atoms with van der Waals surface area (Å²) in [4.78, 5) is 29.7. The summed E-state index contributed by atoms with van der Waals surface area (Å²) in [7, 11) is 0. The summed E-state index contributed by atoms with van der Waals surface area (Å²) in [5, 5.41) is 2.75. The first-order valence-electron chi connectivity index (χ1n) is 9.75. The zero-order valence-electron chi connectivity index (χ0n) is 16.5. The average Bonchev–Trinajstić information content (AvgIpc) is 3.13. The summed E-state index contributed by atoms with van der Waals surface area (Å²) in [6.45, 7) is 4.00. The number of amides is 1. The molecule has 0 fully saturated rings. The molecular weight excluding hydrogens is 366 g/mol. The SMILES string of the molecule is CC(C)Oc1cccc2c1CCC2n1cccc(C(=O)Nc2ccncc2)c1=O. The van der Waals surface area contributed by atoms with Gasteiger partial charge in [0.05, 0.1) is 12.1 Å². The first kappa shape index (κ1) is 18.9. The Morgan fingerprint density at radius 2 is 1.97 bits per heavy atom. The summed E-state index contributed by atoms with van der Waals surface area (Å²) in [5.41, 5.74) is 2.64. The second-order valence-corrected chi connectivity index (χ2v) is 7.37. The highest BCUT2D eigenvalue weighted by Crippen LogP contribution is 2.38. The third-order valence-corrected chi connectivity index (χ3v) is 5.05. The molecule has 0 saturated carbocycles. The van der Waals surface area contributed by atoms with Crippen LogP contribution in [-0.4, -0.2) is 21.6 Å². The summed E-state index contributed by atoms with van der Waals surface area (Å²) >= 11 is 0. The van der Waals surface area contributed by atoms with Gasteiger partial charge >= 0.3 is 0 Å². The van der Waals surface area contributed by atoms with Gasteiger partial charge in [-0.2, -0.15) is 0 Å². The number of fused-ring (bicyclic) bond motifs is 1. The topological polar surface area (TPSA) is 73.2 Å². The van der Waals surface area contributed by atoms with Gasteiger partial charge in [-0.3, -0.25) is 14.6 Å². The van der Waals surface area contributed by atoms with Crippen molar-refractivity contribution in [1.29, 1.82) is 0 Å². The Bertz CT molecular complexity index is 1090. The minimum Gasteiger partial charge on any atom is -0.491 e. The predicted octanol–water partition coefficient (Wildman–Crippen LogP) is 3.82. The van der Waals surface area contributed by atoms with Crippen molar-refractivity contribution in [3.8, 4) is 5.75 Å². The summed E-state index contributed by atoms with van der Waals surface area (Å²) in [6.07, 6.45) is 6.65. The lowest BCUT2D eigenvalue weighted by atomic mass is 10.1. The maximum absolute atomic E-state index is 13.1. The van der Waals surface area contributed by atoms with Crippen molar-refractivity contribution in [1.82, 2.24) is 9.55 Å². The maximum Gasteiger partial charge on any atom is 0.263 e. The second-order valence-electron chi connectivity index (χ2n) is 7.37. The molecule has 0 radical (unpaired) electrons. The van der Waals surface area contributed by atoms with Crippen LogP contribution in [0.1, 0.15) is 47.8 Å². The molecule has 0 bridgehead atoms. The number of carbonyl (C=O) groups is 1. The van der Waals surface area contributed by atoms with Crippen LogP contribution in [-0.2, 0) is 6.42 Å². The molecule has 6 nitrogen and oxygen atoms in total. The van der Waals surface area contributed by atoms with Crippen molar-refractivity contribution in [3.63, 3.8) is 0 Å². The molecule has 1 aliphatic carbocycles. The fraction of sp³-hybridized carbons (Fsp3) is 0.261. The van der Waals surface area contributed by atoms with Crippen LogP contribution >= 0.6 is 0 Å². The molecule has 0 saturated heterocycles. The van der Waals surface area contributed by atoms with Gasteiger partial charge in [-0.15, -0.1) is 0 Å². The molecule has 1 amide bonds. The molecule has 0 aliphatic heterocycles. The molecule has 6 heteroatoms. The lowest BCUT2D eigenvalue weighted by Crippen LogP contribution is -2.31. The zero-order valence-corrected chi connectivity index (χ0v) is 16.5. The Hall–Kier alpha value is -3.41. The Kier molecular flexibility index (Phi) is 5.16. The summed E-state index contributed by atoms with van der Waals surface area (Å²) in [5.74, 6) is 0.449. The van der Waals surface area contributed by atoms with E-state index in [1.54, 1.807) is 47.4 Å². The number of hydrogen-bond donors (Lipinski definition) is 1. The number of rotatable bonds is 5. The maximum atomic E-state index is 13.1. The number of nitrogens with zero attached hydrogens (tertiary/aromatic N) is 2. The molecule has 4 rings (SSSR count). The van der Waals surface area contributed by atoms with Gasteiger partial charge in [-0.1, -0.05) is 12.1 Å². The number of benzene rings is 1. The number of aromatic nitrogens is 2. The largest absolute Gasteiger partial charge is 0.491 e. The molecule has 29 heavy (non-hydrogen) atoms. The van der Waals surface area contributed by atoms with E-state index >= 15 is 0 Å². The summed E-state index contributed by atoms with van der Waals surface area (Å²) in [6, 6.07) is 12.5. The Morgan fingerprint density at radius 3 is 2.72 bits per heavy atom. The van der Waals surface area contributed by atoms with E-state index in [-0.39, 0.29) is 23.3 Å². The average molecular weight is 389 g/mol. The van der Waals surface area contributed by atoms with E-state index in [9.17, 15) is 9.59 Å². The van der Waals surface area contributed by atoms with Gasteiger partial charge in [-0.05, 0) is 68.1 Å². The fourth-order valence-electron chi connectivity index (χ4n) is 3.81. The number of hydrogen-bond acceptors (Lipinski definition) is 4. The highest BCUT2D eigenvalue weighted by Gasteiger charge is 2.28. The Balaban J connectivity index is 1.66. The smallest absolute Gasteiger partial charge is 0.263 e. The van der Waals surface area contributed by atoms with Gasteiger partial charge < -0.3 is 14.6 Å². The van der Waals surface area contributed by atoms with Gasteiger partial charge in [0.2, 0.25) is 0 Å². The van der Waals surface area contributed by atoms with E-state index in [0.717, 1.165) is 29.7 Å². The molecule has 2 heterocycles. The lowest BCUT2D eigenvalue weighted by molar-refractivity contribution is 0.102. The van der Waals surface area contributed by atoms with Crippen LogP contribution in [0.4, 0.5) is 5.69 Å². The molecule has 1 aromatic carbocycles. The Labute approximate surface area is 169 Å². The standard InChI is InChI=1S/C23H23N3O3/c1-15(2)29-21-7-3-5-17-18(21)8-9-20(17)26-14-4-6-19(23(26)28)22(27)25-16-10-12-24-13-11-16/h3-7,10-15,20H,8-9H2,1-2H3,(H,24,25,27). The van der Waals surface area contributed by atoms with Gasteiger partial charge in [0.1, 0.15) is 11.3 Å². The van der Waals surface area contributed by atoms with E-state index in [0.29, 0.717) is 5.69 Å². The quantitative estimate of drug-likeness (QED) is 0.720. The van der Waals surface area contributed by atoms with Gasteiger partial charge in [0.25, 0.3) is 11.5 Å². The number of ether oxygens (including phenoxy) is 1. The van der Waals surface area contributed by atoms with E-state index in [2.05, 4.69) is 10.3 Å². The number of anilines is 1. The van der Waals surface area contributed by atoms with Crippen LogP contribution < -0.4 is 15.6 Å². The van der Waals surface area contributed by atoms with Crippen molar-refractivity contribution in [2.24, 2.45) is 0 Å². The molecule has 1 atom stereocenters. The van der Waals surface area contributed by atoms with Gasteiger partial charge in [0, 0.05) is 24.3 Å². The van der Waals surface area contributed by atoms with E-state index in [1.165, 1.54) is 0 Å². The van der Waals surface area contributed by atoms with Crippen molar-refractivity contribution in [2.75, 3.05) is 5.32 Å². The van der Waals surface area contributed by atoms with Crippen molar-refractivity contribution >= 4 is 11.6 Å². The molecule has 148 valence electrons. The normalized spacial score (nSPS) is 15.2.